The van der Waals surface area contributed by atoms with Gasteiger partial charge in [-0.2, -0.15) is 0 Å². The quantitative estimate of drug-likeness (QED) is 0.453. The van der Waals surface area contributed by atoms with Crippen molar-refractivity contribution in [3.05, 3.63) is 29.8 Å². The van der Waals surface area contributed by atoms with Crippen LogP contribution in [0.2, 0.25) is 0 Å². The van der Waals surface area contributed by atoms with Crippen LogP contribution in [0.1, 0.15) is 82.6 Å². The molecular formula is C25H36N2O4. The number of nitrogens with zero attached hydrogens (tertiary/aromatic N) is 1. The molecule has 0 spiro atoms. The molecular weight excluding hydrogens is 392 g/mol. The van der Waals surface area contributed by atoms with Gasteiger partial charge in [-0.05, 0) is 36.5 Å². The first-order valence-electron chi connectivity index (χ1n) is 11.9. The van der Waals surface area contributed by atoms with E-state index < -0.39 is 11.9 Å². The molecule has 1 aromatic rings. The summed E-state index contributed by atoms with van der Waals surface area (Å²) >= 11 is 0. The van der Waals surface area contributed by atoms with Crippen LogP contribution in [-0.4, -0.2) is 36.0 Å². The number of nitrogens with one attached hydrogen (secondary N) is 1. The highest BCUT2D eigenvalue weighted by Crippen LogP contribution is 2.47. The Balaban J connectivity index is 1.35. The second-order valence-corrected chi connectivity index (χ2v) is 9.05. The van der Waals surface area contributed by atoms with Gasteiger partial charge < -0.3 is 15.3 Å². The molecule has 1 aromatic carbocycles. The lowest BCUT2D eigenvalue weighted by molar-refractivity contribution is -0.141. The highest BCUT2D eigenvalue weighted by molar-refractivity contribution is 5.99. The zero-order valence-electron chi connectivity index (χ0n) is 18.6. The molecule has 1 saturated carbocycles. The fourth-order valence-corrected chi connectivity index (χ4v) is 4.48. The van der Waals surface area contributed by atoms with Crippen molar-refractivity contribution in [2.45, 2.75) is 77.0 Å². The van der Waals surface area contributed by atoms with Gasteiger partial charge in [0.25, 0.3) is 0 Å². The van der Waals surface area contributed by atoms with Gasteiger partial charge >= 0.3 is 5.97 Å². The fourth-order valence-electron chi connectivity index (χ4n) is 4.48. The first kappa shape index (κ1) is 23.3. The van der Waals surface area contributed by atoms with E-state index in [9.17, 15) is 14.4 Å². The summed E-state index contributed by atoms with van der Waals surface area (Å²) in [7, 11) is 0. The minimum absolute atomic E-state index is 0.0460. The summed E-state index contributed by atoms with van der Waals surface area (Å²) in [6, 6.07) is 7.66. The number of hydrogen-bond acceptors (Lipinski definition) is 3. The van der Waals surface area contributed by atoms with E-state index in [2.05, 4.69) is 12.2 Å². The number of carbonyl (C=O) groups is 3. The maximum atomic E-state index is 12.4. The lowest BCUT2D eigenvalue weighted by atomic mass is 10.1. The van der Waals surface area contributed by atoms with Crippen LogP contribution in [0.25, 0.3) is 0 Å². The third kappa shape index (κ3) is 6.55. The summed E-state index contributed by atoms with van der Waals surface area (Å²) in [4.78, 5) is 37.2. The SMILES string of the molecule is CCCCCCCCCCNC(=O)[C@@H]1C[C@H]1c1ccc(N2CC(C(=O)O)CC2=O)cc1. The van der Waals surface area contributed by atoms with E-state index in [1.54, 1.807) is 4.90 Å². The molecule has 2 aliphatic rings. The van der Waals surface area contributed by atoms with Crippen LogP contribution in [0.4, 0.5) is 5.69 Å². The molecule has 2 amide bonds. The van der Waals surface area contributed by atoms with Crippen LogP contribution < -0.4 is 10.2 Å². The van der Waals surface area contributed by atoms with Crippen molar-refractivity contribution in [2.75, 3.05) is 18.0 Å². The smallest absolute Gasteiger partial charge is 0.308 e. The van der Waals surface area contributed by atoms with Crippen molar-refractivity contribution in [3.63, 3.8) is 0 Å². The lowest BCUT2D eigenvalue weighted by Gasteiger charge is -2.16. The van der Waals surface area contributed by atoms with Gasteiger partial charge in [0.15, 0.2) is 0 Å². The summed E-state index contributed by atoms with van der Waals surface area (Å²) in [5.41, 5.74) is 1.84. The highest BCUT2D eigenvalue weighted by atomic mass is 16.4. The molecule has 2 fully saturated rings. The molecule has 1 heterocycles. The normalized spacial score (nSPS) is 22.5. The van der Waals surface area contributed by atoms with Crippen molar-refractivity contribution in [1.82, 2.24) is 5.32 Å². The molecule has 6 nitrogen and oxygen atoms in total. The Kier molecular flexibility index (Phi) is 8.50. The summed E-state index contributed by atoms with van der Waals surface area (Å²) in [6.45, 7) is 3.22. The molecule has 3 rings (SSSR count). The van der Waals surface area contributed by atoms with E-state index in [-0.39, 0.29) is 36.6 Å². The number of carboxylic acid groups (broad SMARTS) is 1. The highest BCUT2D eigenvalue weighted by Gasteiger charge is 2.43. The number of hydrogen-bond donors (Lipinski definition) is 2. The standard InChI is InChI=1S/C25H36N2O4/c1-2-3-4-5-6-7-8-9-14-26-24(29)22-16-21(22)18-10-12-20(13-11-18)27-17-19(25(30)31)15-23(27)28/h10-13,19,21-22H,2-9,14-17H2,1H3,(H,26,29)(H,30,31)/t19?,21-,22+/m0/s1. The van der Waals surface area contributed by atoms with Crippen molar-refractivity contribution < 1.29 is 19.5 Å². The number of carboxylic acids is 1. The molecule has 1 saturated heterocycles. The number of anilines is 1. The first-order valence-corrected chi connectivity index (χ1v) is 11.9. The Morgan fingerprint density at radius 1 is 1.03 bits per heavy atom. The van der Waals surface area contributed by atoms with Crippen molar-refractivity contribution in [2.24, 2.45) is 11.8 Å². The molecule has 1 aliphatic carbocycles. The fraction of sp³-hybridized carbons (Fsp3) is 0.640. The van der Waals surface area contributed by atoms with Crippen LogP contribution in [0.15, 0.2) is 24.3 Å². The third-order valence-electron chi connectivity index (χ3n) is 6.56. The van der Waals surface area contributed by atoms with Crippen LogP contribution in [0, 0.1) is 11.8 Å². The Morgan fingerprint density at radius 3 is 2.29 bits per heavy atom. The maximum Gasteiger partial charge on any atom is 0.308 e. The van der Waals surface area contributed by atoms with Crippen LogP contribution in [0.3, 0.4) is 0 Å². The molecule has 2 N–H and O–H groups in total. The Bertz CT molecular complexity index is 761. The van der Waals surface area contributed by atoms with Gasteiger partial charge in [-0.15, -0.1) is 0 Å². The van der Waals surface area contributed by atoms with E-state index in [1.807, 2.05) is 24.3 Å². The van der Waals surface area contributed by atoms with Crippen LogP contribution >= 0.6 is 0 Å². The number of carbonyl (C=O) groups excluding carboxylic acids is 2. The van der Waals surface area contributed by atoms with Crippen molar-refractivity contribution in [3.8, 4) is 0 Å². The van der Waals surface area contributed by atoms with Crippen LogP contribution in [0.5, 0.6) is 0 Å². The predicted molar refractivity (Wildman–Crippen MR) is 121 cm³/mol. The zero-order valence-corrected chi connectivity index (χ0v) is 18.6. The summed E-state index contributed by atoms with van der Waals surface area (Å²) in [5, 5.41) is 12.2. The average molecular weight is 429 g/mol. The van der Waals surface area contributed by atoms with E-state index in [0.717, 1.165) is 30.6 Å². The molecule has 3 atom stereocenters. The Hall–Kier alpha value is -2.37. The largest absolute Gasteiger partial charge is 0.481 e. The van der Waals surface area contributed by atoms with E-state index >= 15 is 0 Å². The topological polar surface area (TPSA) is 86.7 Å². The summed E-state index contributed by atoms with van der Waals surface area (Å²) < 4.78 is 0. The van der Waals surface area contributed by atoms with E-state index in [0.29, 0.717) is 0 Å². The Morgan fingerprint density at radius 2 is 1.68 bits per heavy atom. The molecule has 0 radical (unpaired) electrons. The third-order valence-corrected chi connectivity index (χ3v) is 6.56. The van der Waals surface area contributed by atoms with Gasteiger partial charge in [-0.3, -0.25) is 14.4 Å². The van der Waals surface area contributed by atoms with Crippen molar-refractivity contribution in [1.29, 1.82) is 0 Å². The molecule has 31 heavy (non-hydrogen) atoms. The van der Waals surface area contributed by atoms with E-state index in [4.69, 9.17) is 5.11 Å². The van der Waals surface area contributed by atoms with Crippen molar-refractivity contribution >= 4 is 23.5 Å². The zero-order chi connectivity index (χ0) is 22.2. The van der Waals surface area contributed by atoms with Gasteiger partial charge in [-0.25, -0.2) is 0 Å². The number of rotatable bonds is 13. The number of benzene rings is 1. The molecule has 0 aromatic heterocycles. The van der Waals surface area contributed by atoms with Gasteiger partial charge in [-0.1, -0.05) is 64.0 Å². The number of unbranched alkanes of at least 4 members (excludes halogenated alkanes) is 7. The molecule has 1 aliphatic heterocycles. The molecule has 0 bridgehead atoms. The number of amides is 2. The monoisotopic (exact) mass is 428 g/mol. The second-order valence-electron chi connectivity index (χ2n) is 9.05. The Labute approximate surface area is 185 Å². The minimum Gasteiger partial charge on any atom is -0.481 e. The first-order chi connectivity index (χ1) is 15.0. The second kappa shape index (κ2) is 11.3. The van der Waals surface area contributed by atoms with Gasteiger partial charge in [0.05, 0.1) is 5.92 Å². The summed E-state index contributed by atoms with van der Waals surface area (Å²) in [6.07, 6.45) is 11.0. The van der Waals surface area contributed by atoms with Gasteiger partial charge in [0.1, 0.15) is 0 Å². The minimum atomic E-state index is -0.925. The maximum absolute atomic E-state index is 12.4. The average Bonchev–Trinajstić information content (AvgIpc) is 3.47. The summed E-state index contributed by atoms with van der Waals surface area (Å²) in [5.74, 6) is -1.27. The number of aliphatic carboxylic acids is 1. The van der Waals surface area contributed by atoms with Gasteiger partial charge in [0, 0.05) is 31.1 Å². The predicted octanol–water partition coefficient (Wildman–Crippen LogP) is 4.48. The molecule has 6 heteroatoms. The van der Waals surface area contributed by atoms with Crippen LogP contribution in [-0.2, 0) is 14.4 Å². The molecule has 1 unspecified atom stereocenters. The van der Waals surface area contributed by atoms with E-state index in [1.165, 1.54) is 44.9 Å². The molecule has 170 valence electrons. The lowest BCUT2D eigenvalue weighted by Crippen LogP contribution is -2.26. The van der Waals surface area contributed by atoms with Gasteiger partial charge in [0.2, 0.25) is 11.8 Å².